The topological polar surface area (TPSA) is 21.3 Å². The van der Waals surface area contributed by atoms with Crippen LogP contribution in [0.15, 0.2) is 35.7 Å². The van der Waals surface area contributed by atoms with Crippen LogP contribution in [0.1, 0.15) is 29.8 Å². The van der Waals surface area contributed by atoms with Crippen LogP contribution in [0, 0.1) is 5.82 Å². The molecule has 102 valence electrons. The summed E-state index contributed by atoms with van der Waals surface area (Å²) in [5.41, 5.74) is 0.846. The maximum Gasteiger partial charge on any atom is 0.124 e. The first kappa shape index (κ1) is 14.0. The van der Waals surface area contributed by atoms with Crippen LogP contribution in [0.5, 0.6) is 5.75 Å². The minimum atomic E-state index is -0.240. The van der Waals surface area contributed by atoms with Crippen molar-refractivity contribution in [3.05, 3.63) is 52.0 Å². The van der Waals surface area contributed by atoms with Gasteiger partial charge in [0.2, 0.25) is 0 Å². The fourth-order valence-corrected chi connectivity index (χ4v) is 2.86. The molecule has 0 saturated carbocycles. The van der Waals surface area contributed by atoms with Crippen LogP contribution in [0.2, 0.25) is 0 Å². The molecule has 1 unspecified atom stereocenters. The van der Waals surface area contributed by atoms with Gasteiger partial charge in [-0.15, -0.1) is 11.3 Å². The molecule has 0 aliphatic carbocycles. The first-order valence-corrected chi connectivity index (χ1v) is 7.24. The van der Waals surface area contributed by atoms with Crippen molar-refractivity contribution in [3.63, 3.8) is 0 Å². The van der Waals surface area contributed by atoms with Crippen molar-refractivity contribution in [2.75, 3.05) is 13.7 Å². The van der Waals surface area contributed by atoms with E-state index in [0.29, 0.717) is 5.75 Å². The standard InChI is InChI=1S/C15H18FNOS/c1-3-8-17-15(14-5-4-9-19-14)12-10-11(16)6-7-13(12)18-2/h4-7,9-10,15,17H,3,8H2,1-2H3. The van der Waals surface area contributed by atoms with Crippen LogP contribution < -0.4 is 10.1 Å². The fraction of sp³-hybridized carbons (Fsp3) is 0.333. The van der Waals surface area contributed by atoms with Gasteiger partial charge in [-0.05, 0) is 42.6 Å². The summed E-state index contributed by atoms with van der Waals surface area (Å²) >= 11 is 1.66. The number of thiophene rings is 1. The first-order valence-electron chi connectivity index (χ1n) is 6.36. The van der Waals surface area contributed by atoms with E-state index in [0.717, 1.165) is 23.4 Å². The Labute approximate surface area is 117 Å². The molecule has 0 fully saturated rings. The van der Waals surface area contributed by atoms with Crippen molar-refractivity contribution in [2.45, 2.75) is 19.4 Å². The van der Waals surface area contributed by atoms with Gasteiger partial charge in [0.15, 0.2) is 0 Å². The molecular formula is C15H18FNOS. The summed E-state index contributed by atoms with van der Waals surface area (Å²) in [5, 5.41) is 5.48. The first-order chi connectivity index (χ1) is 9.26. The van der Waals surface area contributed by atoms with Crippen LogP contribution in [-0.2, 0) is 0 Å². The number of hydrogen-bond acceptors (Lipinski definition) is 3. The second-order valence-electron chi connectivity index (χ2n) is 4.29. The molecule has 2 rings (SSSR count). The normalized spacial score (nSPS) is 12.4. The Morgan fingerprint density at radius 1 is 1.37 bits per heavy atom. The third-order valence-corrected chi connectivity index (χ3v) is 3.87. The van der Waals surface area contributed by atoms with Gasteiger partial charge in [-0.3, -0.25) is 0 Å². The SMILES string of the molecule is CCCNC(c1cccs1)c1cc(F)ccc1OC. The molecule has 0 aliphatic heterocycles. The third-order valence-electron chi connectivity index (χ3n) is 2.93. The third kappa shape index (κ3) is 3.33. The van der Waals surface area contributed by atoms with E-state index in [-0.39, 0.29) is 11.9 Å². The molecule has 1 atom stereocenters. The highest BCUT2D eigenvalue weighted by Crippen LogP contribution is 2.32. The molecule has 0 radical (unpaired) electrons. The summed E-state index contributed by atoms with van der Waals surface area (Å²) in [7, 11) is 1.61. The Balaban J connectivity index is 2.39. The predicted octanol–water partition coefficient (Wildman–Crippen LogP) is 3.98. The maximum absolute atomic E-state index is 13.5. The van der Waals surface area contributed by atoms with Gasteiger partial charge in [0.1, 0.15) is 11.6 Å². The van der Waals surface area contributed by atoms with Gasteiger partial charge < -0.3 is 10.1 Å². The largest absolute Gasteiger partial charge is 0.496 e. The molecule has 0 saturated heterocycles. The highest BCUT2D eigenvalue weighted by molar-refractivity contribution is 7.10. The van der Waals surface area contributed by atoms with Gasteiger partial charge in [-0.1, -0.05) is 13.0 Å². The zero-order chi connectivity index (χ0) is 13.7. The number of ether oxygens (including phenoxy) is 1. The molecule has 19 heavy (non-hydrogen) atoms. The van der Waals surface area contributed by atoms with E-state index in [2.05, 4.69) is 18.3 Å². The van der Waals surface area contributed by atoms with Gasteiger partial charge in [0.05, 0.1) is 13.2 Å². The van der Waals surface area contributed by atoms with Crippen molar-refractivity contribution >= 4 is 11.3 Å². The number of benzene rings is 1. The fourth-order valence-electron chi connectivity index (χ4n) is 2.04. The average molecular weight is 279 g/mol. The van der Waals surface area contributed by atoms with Crippen LogP contribution in [0.4, 0.5) is 4.39 Å². The smallest absolute Gasteiger partial charge is 0.124 e. The van der Waals surface area contributed by atoms with E-state index in [4.69, 9.17) is 4.74 Å². The van der Waals surface area contributed by atoms with Gasteiger partial charge in [-0.2, -0.15) is 0 Å². The summed E-state index contributed by atoms with van der Waals surface area (Å²) in [5.74, 6) is 0.471. The molecule has 4 heteroatoms. The Morgan fingerprint density at radius 2 is 2.21 bits per heavy atom. The van der Waals surface area contributed by atoms with Crippen LogP contribution in [0.3, 0.4) is 0 Å². The maximum atomic E-state index is 13.5. The van der Waals surface area contributed by atoms with Gasteiger partial charge >= 0.3 is 0 Å². The van der Waals surface area contributed by atoms with Crippen molar-refractivity contribution < 1.29 is 9.13 Å². The van der Waals surface area contributed by atoms with Crippen LogP contribution in [-0.4, -0.2) is 13.7 Å². The molecule has 2 aromatic rings. The van der Waals surface area contributed by atoms with Crippen molar-refractivity contribution in [2.24, 2.45) is 0 Å². The average Bonchev–Trinajstić information content (AvgIpc) is 2.93. The second-order valence-corrected chi connectivity index (χ2v) is 5.27. The number of halogens is 1. The van der Waals surface area contributed by atoms with Gasteiger partial charge in [-0.25, -0.2) is 4.39 Å². The Hall–Kier alpha value is -1.39. The van der Waals surface area contributed by atoms with E-state index in [1.54, 1.807) is 30.6 Å². The molecule has 0 amide bonds. The molecule has 0 bridgehead atoms. The van der Waals surface area contributed by atoms with Gasteiger partial charge in [0, 0.05) is 10.4 Å². The molecular weight excluding hydrogens is 261 g/mol. The van der Waals surface area contributed by atoms with E-state index in [9.17, 15) is 4.39 Å². The lowest BCUT2D eigenvalue weighted by molar-refractivity contribution is 0.402. The van der Waals surface area contributed by atoms with Crippen molar-refractivity contribution in [1.82, 2.24) is 5.32 Å². The number of methoxy groups -OCH3 is 1. The van der Waals surface area contributed by atoms with Crippen LogP contribution in [0.25, 0.3) is 0 Å². The highest BCUT2D eigenvalue weighted by Gasteiger charge is 2.19. The zero-order valence-corrected chi connectivity index (χ0v) is 12.0. The van der Waals surface area contributed by atoms with E-state index >= 15 is 0 Å². The van der Waals surface area contributed by atoms with Gasteiger partial charge in [0.25, 0.3) is 0 Å². The number of nitrogens with one attached hydrogen (secondary N) is 1. The summed E-state index contributed by atoms with van der Waals surface area (Å²) in [6, 6.07) is 8.69. The molecule has 0 spiro atoms. The molecule has 1 heterocycles. The zero-order valence-electron chi connectivity index (χ0n) is 11.2. The molecule has 0 aliphatic rings. The Kier molecular flexibility index (Phi) is 4.93. The quantitative estimate of drug-likeness (QED) is 0.863. The molecule has 1 aromatic heterocycles. The number of rotatable bonds is 6. The minimum absolute atomic E-state index is 0.0226. The molecule has 1 N–H and O–H groups in total. The lowest BCUT2D eigenvalue weighted by Crippen LogP contribution is -2.23. The lowest BCUT2D eigenvalue weighted by Gasteiger charge is -2.20. The minimum Gasteiger partial charge on any atom is -0.496 e. The van der Waals surface area contributed by atoms with Crippen LogP contribution >= 0.6 is 11.3 Å². The summed E-state index contributed by atoms with van der Waals surface area (Å²) in [6.45, 7) is 2.99. The van der Waals surface area contributed by atoms with Crippen molar-refractivity contribution in [1.29, 1.82) is 0 Å². The number of hydrogen-bond donors (Lipinski definition) is 1. The highest BCUT2D eigenvalue weighted by atomic mass is 32.1. The lowest BCUT2D eigenvalue weighted by atomic mass is 10.0. The van der Waals surface area contributed by atoms with E-state index < -0.39 is 0 Å². The summed E-state index contributed by atoms with van der Waals surface area (Å²) < 4.78 is 18.9. The summed E-state index contributed by atoms with van der Waals surface area (Å²) in [4.78, 5) is 1.16. The van der Waals surface area contributed by atoms with Crippen molar-refractivity contribution in [3.8, 4) is 5.75 Å². The van der Waals surface area contributed by atoms with E-state index in [1.807, 2.05) is 11.4 Å². The van der Waals surface area contributed by atoms with E-state index in [1.165, 1.54) is 6.07 Å². The molecule has 2 nitrogen and oxygen atoms in total. The second kappa shape index (κ2) is 6.68. The summed E-state index contributed by atoms with van der Waals surface area (Å²) in [6.07, 6.45) is 1.03. The Morgan fingerprint density at radius 3 is 2.84 bits per heavy atom. The molecule has 1 aromatic carbocycles. The Bertz CT molecular complexity index is 513. The predicted molar refractivity (Wildman–Crippen MR) is 77.4 cm³/mol. The monoisotopic (exact) mass is 279 g/mol.